The molecule has 2 amide bonds. The summed E-state index contributed by atoms with van der Waals surface area (Å²) in [6.45, 7) is 5.59. The van der Waals surface area contributed by atoms with Crippen molar-refractivity contribution in [2.75, 3.05) is 5.32 Å². The first-order valence-electron chi connectivity index (χ1n) is 10.4. The van der Waals surface area contributed by atoms with E-state index in [2.05, 4.69) is 17.2 Å². The third-order valence-corrected chi connectivity index (χ3v) is 7.42. The van der Waals surface area contributed by atoms with Crippen LogP contribution in [0.1, 0.15) is 35.2 Å². The molecule has 4 nitrogen and oxygen atoms in total. The minimum absolute atomic E-state index is 0.153. The van der Waals surface area contributed by atoms with Crippen molar-refractivity contribution in [2.24, 2.45) is 5.92 Å². The van der Waals surface area contributed by atoms with Crippen LogP contribution in [-0.2, 0) is 4.79 Å². The van der Waals surface area contributed by atoms with Gasteiger partial charge in [-0.05, 0) is 66.6 Å². The Morgan fingerprint density at radius 2 is 1.71 bits per heavy atom. The third-order valence-electron chi connectivity index (χ3n) is 5.32. The molecule has 1 saturated carbocycles. The lowest BCUT2D eigenvalue weighted by Gasteiger charge is -2.11. The number of carbonyl (C=O) groups is 2. The molecule has 0 heterocycles. The number of carbonyl (C=O) groups excluding carboxylic acids is 2. The van der Waals surface area contributed by atoms with E-state index in [-0.39, 0.29) is 10.6 Å². The molecule has 0 aliphatic heterocycles. The van der Waals surface area contributed by atoms with Gasteiger partial charge in [0.2, 0.25) is 5.91 Å². The smallest absolute Gasteiger partial charge is 0.257 e. The van der Waals surface area contributed by atoms with Gasteiger partial charge in [-0.3, -0.25) is 9.59 Å². The zero-order valence-corrected chi connectivity index (χ0v) is 22.9. The minimum atomic E-state index is -1.33. The second-order valence-corrected chi connectivity index (χ2v) is 11.0. The summed E-state index contributed by atoms with van der Waals surface area (Å²) in [6.07, 6.45) is 5.43. The molecule has 2 atom stereocenters. The van der Waals surface area contributed by atoms with Crippen LogP contribution in [0, 0.1) is 5.92 Å². The van der Waals surface area contributed by atoms with Gasteiger partial charge in [-0.25, -0.2) is 0 Å². The van der Waals surface area contributed by atoms with E-state index in [0.717, 1.165) is 0 Å². The van der Waals surface area contributed by atoms with Gasteiger partial charge in [-0.1, -0.05) is 59.9 Å². The van der Waals surface area contributed by atoms with Crippen molar-refractivity contribution in [2.45, 2.75) is 23.6 Å². The number of benzene rings is 2. The first-order chi connectivity index (χ1) is 16.5. The van der Waals surface area contributed by atoms with Gasteiger partial charge in [0.25, 0.3) is 5.91 Å². The fourth-order valence-corrected chi connectivity index (χ4v) is 5.11. The first kappa shape index (κ1) is 27.9. The molecular formula is C25H20Cl6N2O2. The number of alkyl halides is 2. The summed E-state index contributed by atoms with van der Waals surface area (Å²) in [5.41, 5.74) is 1.59. The van der Waals surface area contributed by atoms with Crippen LogP contribution in [0.15, 0.2) is 71.9 Å². The van der Waals surface area contributed by atoms with Crippen molar-refractivity contribution < 1.29 is 9.59 Å². The number of anilines is 1. The Labute approximate surface area is 233 Å². The van der Waals surface area contributed by atoms with E-state index in [0.29, 0.717) is 38.4 Å². The fourth-order valence-electron chi connectivity index (χ4n) is 3.48. The van der Waals surface area contributed by atoms with Gasteiger partial charge in [-0.2, -0.15) is 0 Å². The topological polar surface area (TPSA) is 58.2 Å². The van der Waals surface area contributed by atoms with Gasteiger partial charge in [-0.15, -0.1) is 23.2 Å². The second-order valence-electron chi connectivity index (χ2n) is 7.76. The molecule has 0 bridgehead atoms. The largest absolute Gasteiger partial charge is 0.326 e. The lowest BCUT2D eigenvalue weighted by molar-refractivity contribution is -0.117. The Morgan fingerprint density at radius 1 is 1.06 bits per heavy atom. The highest BCUT2D eigenvalue weighted by molar-refractivity contribution is 6.53. The van der Waals surface area contributed by atoms with Crippen molar-refractivity contribution in [3.63, 3.8) is 0 Å². The zero-order valence-electron chi connectivity index (χ0n) is 18.3. The molecule has 3 rings (SSSR count). The number of amides is 2. The van der Waals surface area contributed by atoms with Gasteiger partial charge in [0.05, 0.1) is 16.5 Å². The lowest BCUT2D eigenvalue weighted by Crippen LogP contribution is -2.23. The van der Waals surface area contributed by atoms with E-state index in [1.165, 1.54) is 18.2 Å². The van der Waals surface area contributed by atoms with Crippen LogP contribution >= 0.6 is 69.6 Å². The summed E-state index contributed by atoms with van der Waals surface area (Å²) in [4.78, 5) is 25.8. The van der Waals surface area contributed by atoms with Crippen LogP contribution in [-0.4, -0.2) is 16.1 Å². The van der Waals surface area contributed by atoms with Crippen molar-refractivity contribution in [1.29, 1.82) is 0 Å². The average molecular weight is 593 g/mol. The maximum absolute atomic E-state index is 13.0. The first-order valence-corrected chi connectivity index (χ1v) is 12.7. The van der Waals surface area contributed by atoms with Crippen molar-refractivity contribution >= 4 is 87.1 Å². The number of allylic oxidation sites excluding steroid dienone is 4. The van der Waals surface area contributed by atoms with Crippen LogP contribution in [0.25, 0.3) is 0 Å². The van der Waals surface area contributed by atoms with Crippen LogP contribution in [0.2, 0.25) is 15.1 Å². The van der Waals surface area contributed by atoms with E-state index < -0.39 is 28.0 Å². The van der Waals surface area contributed by atoms with Crippen LogP contribution < -0.4 is 10.6 Å². The van der Waals surface area contributed by atoms with Crippen LogP contribution in [0.3, 0.4) is 0 Å². The molecule has 0 spiro atoms. The molecule has 2 N–H and O–H groups in total. The molecule has 1 aliphatic carbocycles. The fraction of sp³-hybridized carbons (Fsp3) is 0.200. The Hall–Kier alpha value is -1.66. The summed E-state index contributed by atoms with van der Waals surface area (Å²) in [6, 6.07) is 9.46. The molecule has 10 heteroatoms. The Morgan fingerprint density at radius 3 is 2.31 bits per heavy atom. The van der Waals surface area contributed by atoms with E-state index in [4.69, 9.17) is 69.6 Å². The van der Waals surface area contributed by atoms with Crippen molar-refractivity contribution in [3.05, 3.63) is 98.1 Å². The molecule has 1 fully saturated rings. The van der Waals surface area contributed by atoms with Crippen molar-refractivity contribution in [1.82, 2.24) is 5.32 Å². The number of halogens is 6. The summed E-state index contributed by atoms with van der Waals surface area (Å²) in [5, 5.41) is 7.11. The van der Waals surface area contributed by atoms with Gasteiger partial charge in [0, 0.05) is 32.4 Å². The summed E-state index contributed by atoms with van der Waals surface area (Å²) < 4.78 is -1.33. The number of hydrogen-bond acceptors (Lipinski definition) is 2. The standard InChI is InChI=1S/C25H20Cl6N2O2/c1-3-14(26)5-6-17(4-2)32-23(34)19-12-18(7-8-20(19)29)33-24(35)22-21(25(22,30)31)13-9-15(27)11-16(28)10-13/h4-12,21-22H,2-3H2,1H3,(H,32,34)(H,33,35)/b14-5+,17-6+. The molecule has 0 aromatic heterocycles. The van der Waals surface area contributed by atoms with E-state index >= 15 is 0 Å². The quantitative estimate of drug-likeness (QED) is 0.238. The second kappa shape index (κ2) is 11.6. The Bertz CT molecular complexity index is 1220. The summed E-state index contributed by atoms with van der Waals surface area (Å²) in [5.74, 6) is -2.16. The molecule has 2 unspecified atom stereocenters. The molecule has 35 heavy (non-hydrogen) atoms. The monoisotopic (exact) mass is 590 g/mol. The number of rotatable bonds is 8. The Balaban J connectivity index is 1.77. The van der Waals surface area contributed by atoms with Crippen molar-refractivity contribution in [3.8, 4) is 0 Å². The van der Waals surface area contributed by atoms with E-state index in [1.54, 1.807) is 36.4 Å². The maximum Gasteiger partial charge on any atom is 0.257 e. The SMILES string of the molecule is C=C/C(=C\C=C(\Cl)CC)NC(=O)c1cc(NC(=O)C2C(c3cc(Cl)cc(Cl)c3)C2(Cl)Cl)ccc1Cl. The van der Waals surface area contributed by atoms with Gasteiger partial charge < -0.3 is 10.6 Å². The highest BCUT2D eigenvalue weighted by Gasteiger charge is 2.67. The molecule has 184 valence electrons. The molecule has 2 aromatic rings. The van der Waals surface area contributed by atoms with Gasteiger partial charge in [0.1, 0.15) is 4.33 Å². The third kappa shape index (κ3) is 6.76. The average Bonchev–Trinajstić information content (AvgIpc) is 3.38. The Kier molecular flexibility index (Phi) is 9.25. The molecule has 0 radical (unpaired) electrons. The predicted molar refractivity (Wildman–Crippen MR) is 147 cm³/mol. The van der Waals surface area contributed by atoms with Gasteiger partial charge in [0.15, 0.2) is 0 Å². The van der Waals surface area contributed by atoms with E-state index in [9.17, 15) is 9.59 Å². The van der Waals surface area contributed by atoms with Crippen LogP contribution in [0.4, 0.5) is 5.69 Å². The zero-order chi connectivity index (χ0) is 25.9. The number of hydrogen-bond donors (Lipinski definition) is 2. The summed E-state index contributed by atoms with van der Waals surface area (Å²) in [7, 11) is 0. The predicted octanol–water partition coefficient (Wildman–Crippen LogP) is 8.51. The minimum Gasteiger partial charge on any atom is -0.326 e. The summed E-state index contributed by atoms with van der Waals surface area (Å²) >= 11 is 37.2. The highest BCUT2D eigenvalue weighted by Crippen LogP contribution is 2.65. The molecular weight excluding hydrogens is 573 g/mol. The lowest BCUT2D eigenvalue weighted by atomic mass is 10.1. The highest BCUT2D eigenvalue weighted by atomic mass is 35.5. The molecule has 2 aromatic carbocycles. The van der Waals surface area contributed by atoms with Gasteiger partial charge >= 0.3 is 0 Å². The van der Waals surface area contributed by atoms with Crippen LogP contribution in [0.5, 0.6) is 0 Å². The van der Waals surface area contributed by atoms with E-state index in [1.807, 2.05) is 6.92 Å². The normalized spacial score (nSPS) is 19.2. The molecule has 0 saturated heterocycles. The molecule has 1 aliphatic rings. The maximum atomic E-state index is 13.0. The number of nitrogens with one attached hydrogen (secondary N) is 2.